The lowest BCUT2D eigenvalue weighted by atomic mass is 9.95. The van der Waals surface area contributed by atoms with Crippen LogP contribution in [0.3, 0.4) is 0 Å². The third-order valence-corrected chi connectivity index (χ3v) is 6.42. The molecule has 1 fully saturated rings. The van der Waals surface area contributed by atoms with Crippen LogP contribution in [0.25, 0.3) is 5.76 Å². The van der Waals surface area contributed by atoms with Crippen molar-refractivity contribution in [3.8, 4) is 11.5 Å². The van der Waals surface area contributed by atoms with Crippen LogP contribution in [0.5, 0.6) is 11.5 Å². The zero-order valence-corrected chi connectivity index (χ0v) is 21.8. The van der Waals surface area contributed by atoms with Crippen LogP contribution in [-0.4, -0.2) is 66.0 Å². The number of hydrogen-bond acceptors (Lipinski definition) is 6. The van der Waals surface area contributed by atoms with E-state index in [1.807, 2.05) is 38.1 Å². The van der Waals surface area contributed by atoms with Crippen LogP contribution >= 0.6 is 0 Å². The van der Waals surface area contributed by atoms with E-state index in [1.54, 1.807) is 29.2 Å². The lowest BCUT2D eigenvalue weighted by molar-refractivity contribution is -0.140. The van der Waals surface area contributed by atoms with Crippen molar-refractivity contribution in [1.29, 1.82) is 0 Å². The molecule has 194 valence electrons. The first kappa shape index (κ1) is 27.3. The average molecular weight is 495 g/mol. The summed E-state index contributed by atoms with van der Waals surface area (Å²) in [7, 11) is 0. The van der Waals surface area contributed by atoms with E-state index >= 15 is 0 Å². The molecular weight excluding hydrogens is 456 g/mol. The summed E-state index contributed by atoms with van der Waals surface area (Å²) < 4.78 is 11.2. The van der Waals surface area contributed by atoms with E-state index in [4.69, 9.17) is 9.47 Å². The molecule has 2 aromatic rings. The van der Waals surface area contributed by atoms with Crippen molar-refractivity contribution in [3.63, 3.8) is 0 Å². The van der Waals surface area contributed by atoms with Crippen LogP contribution in [0.15, 0.2) is 54.1 Å². The van der Waals surface area contributed by atoms with Gasteiger partial charge in [0, 0.05) is 12.1 Å². The molecule has 2 aromatic carbocycles. The fraction of sp³-hybridized carbons (Fsp3) is 0.448. The number of carbonyl (C=O) groups is 2. The Morgan fingerprint density at radius 1 is 0.917 bits per heavy atom. The zero-order chi connectivity index (χ0) is 26.1. The Morgan fingerprint density at radius 2 is 1.53 bits per heavy atom. The van der Waals surface area contributed by atoms with Crippen molar-refractivity contribution in [2.45, 2.75) is 46.6 Å². The minimum Gasteiger partial charge on any atom is -0.507 e. The third-order valence-electron chi connectivity index (χ3n) is 6.42. The van der Waals surface area contributed by atoms with Crippen LogP contribution in [0.2, 0.25) is 0 Å². The molecule has 1 aliphatic heterocycles. The van der Waals surface area contributed by atoms with Gasteiger partial charge in [0.2, 0.25) is 0 Å². The summed E-state index contributed by atoms with van der Waals surface area (Å²) in [6.07, 6.45) is 1.63. The molecule has 0 aliphatic carbocycles. The molecule has 0 spiro atoms. The van der Waals surface area contributed by atoms with E-state index in [9.17, 15) is 14.7 Å². The Bertz CT molecular complexity index is 1040. The van der Waals surface area contributed by atoms with Gasteiger partial charge in [-0.1, -0.05) is 32.9 Å². The molecule has 0 radical (unpaired) electrons. The van der Waals surface area contributed by atoms with Gasteiger partial charge in [-0.3, -0.25) is 9.59 Å². The summed E-state index contributed by atoms with van der Waals surface area (Å²) in [5.74, 6) is -0.0338. The van der Waals surface area contributed by atoms with Crippen molar-refractivity contribution < 1.29 is 24.2 Å². The van der Waals surface area contributed by atoms with Crippen molar-refractivity contribution in [2.24, 2.45) is 0 Å². The highest BCUT2D eigenvalue weighted by Gasteiger charge is 2.45. The normalized spacial score (nSPS) is 17.1. The molecule has 1 aliphatic rings. The van der Waals surface area contributed by atoms with E-state index < -0.39 is 17.7 Å². The van der Waals surface area contributed by atoms with Gasteiger partial charge in [-0.2, -0.15) is 0 Å². The summed E-state index contributed by atoms with van der Waals surface area (Å²) >= 11 is 0. The highest BCUT2D eigenvalue weighted by atomic mass is 16.5. The average Bonchev–Trinajstić information content (AvgIpc) is 3.15. The van der Waals surface area contributed by atoms with Crippen LogP contribution in [0.1, 0.15) is 57.7 Å². The standard InChI is InChI=1S/C29H38N2O5/c1-5-20-36-24-14-10-21(11-15-24)26-25(27(32)22-12-16-23(17-13-22)35-8-4)28(33)29(34)31(26)19-9-18-30(6-2)7-3/h10-17,26,32H,5-9,18-20H2,1-4H3/b27-25+/t26-/m1/s1. The first-order valence-corrected chi connectivity index (χ1v) is 12.9. The van der Waals surface area contributed by atoms with Crippen LogP contribution < -0.4 is 9.47 Å². The third kappa shape index (κ3) is 6.26. The highest BCUT2D eigenvalue weighted by molar-refractivity contribution is 6.46. The molecule has 1 N–H and O–H groups in total. The Morgan fingerprint density at radius 3 is 2.11 bits per heavy atom. The Kier molecular flexibility index (Phi) is 9.94. The van der Waals surface area contributed by atoms with Gasteiger partial charge in [0.25, 0.3) is 11.7 Å². The van der Waals surface area contributed by atoms with E-state index in [0.717, 1.165) is 43.8 Å². The lowest BCUT2D eigenvalue weighted by Crippen LogP contribution is -2.33. The molecule has 36 heavy (non-hydrogen) atoms. The molecule has 1 saturated heterocycles. The van der Waals surface area contributed by atoms with Gasteiger partial charge in [-0.15, -0.1) is 0 Å². The monoisotopic (exact) mass is 494 g/mol. The number of Topliss-reactive ketones (excluding diaryl/α,β-unsaturated/α-hetero) is 1. The number of hydrogen-bond donors (Lipinski definition) is 1. The van der Waals surface area contributed by atoms with Gasteiger partial charge in [0.05, 0.1) is 24.8 Å². The smallest absolute Gasteiger partial charge is 0.295 e. The van der Waals surface area contributed by atoms with Gasteiger partial charge in [-0.05, 0) is 81.4 Å². The van der Waals surface area contributed by atoms with Crippen LogP contribution in [-0.2, 0) is 9.59 Å². The molecule has 7 heteroatoms. The predicted octanol–water partition coefficient (Wildman–Crippen LogP) is 5.03. The SMILES string of the molecule is CCCOc1ccc([C@@H]2/C(=C(\O)c3ccc(OCC)cc3)C(=O)C(=O)N2CCCN(CC)CC)cc1. The number of aliphatic hydroxyl groups excluding tert-OH is 1. The van der Waals surface area contributed by atoms with E-state index in [-0.39, 0.29) is 11.3 Å². The van der Waals surface area contributed by atoms with Crippen molar-refractivity contribution in [2.75, 3.05) is 39.4 Å². The predicted molar refractivity (Wildman–Crippen MR) is 141 cm³/mol. The number of aliphatic hydroxyl groups is 1. The second kappa shape index (κ2) is 13.1. The minimum absolute atomic E-state index is 0.106. The van der Waals surface area contributed by atoms with Crippen LogP contribution in [0.4, 0.5) is 0 Å². The molecule has 0 aromatic heterocycles. The van der Waals surface area contributed by atoms with E-state index in [2.05, 4.69) is 18.7 Å². The van der Waals surface area contributed by atoms with Gasteiger partial charge in [0.15, 0.2) is 0 Å². The topological polar surface area (TPSA) is 79.3 Å². The molecule has 0 saturated carbocycles. The second-order valence-corrected chi connectivity index (χ2v) is 8.75. The lowest BCUT2D eigenvalue weighted by Gasteiger charge is -2.27. The Labute approximate surface area is 214 Å². The maximum Gasteiger partial charge on any atom is 0.295 e. The maximum absolute atomic E-state index is 13.2. The fourth-order valence-corrected chi connectivity index (χ4v) is 4.46. The van der Waals surface area contributed by atoms with E-state index in [1.165, 1.54) is 0 Å². The minimum atomic E-state index is -0.673. The first-order valence-electron chi connectivity index (χ1n) is 12.9. The number of nitrogens with zero attached hydrogens (tertiary/aromatic N) is 2. The molecule has 1 heterocycles. The molecule has 0 bridgehead atoms. The fourth-order valence-electron chi connectivity index (χ4n) is 4.46. The first-order chi connectivity index (χ1) is 17.4. The van der Waals surface area contributed by atoms with Gasteiger partial charge < -0.3 is 24.4 Å². The maximum atomic E-state index is 13.2. The summed E-state index contributed by atoms with van der Waals surface area (Å²) in [4.78, 5) is 30.3. The molecule has 1 amide bonds. The van der Waals surface area contributed by atoms with E-state index in [0.29, 0.717) is 31.1 Å². The molecule has 0 unspecified atom stereocenters. The van der Waals surface area contributed by atoms with Crippen LogP contribution in [0, 0.1) is 0 Å². The number of rotatable bonds is 13. The summed E-state index contributed by atoms with van der Waals surface area (Å²) in [6.45, 7) is 12.4. The van der Waals surface area contributed by atoms with Crippen molar-refractivity contribution in [3.05, 3.63) is 65.2 Å². The summed E-state index contributed by atoms with van der Waals surface area (Å²) in [5.41, 5.74) is 1.33. The van der Waals surface area contributed by atoms with Crippen molar-refractivity contribution in [1.82, 2.24) is 9.80 Å². The number of benzene rings is 2. The van der Waals surface area contributed by atoms with Gasteiger partial charge in [0.1, 0.15) is 17.3 Å². The summed E-state index contributed by atoms with van der Waals surface area (Å²) in [5, 5.41) is 11.2. The number of amides is 1. The van der Waals surface area contributed by atoms with Gasteiger partial charge >= 0.3 is 0 Å². The molecular formula is C29H38N2O5. The Balaban J connectivity index is 1.98. The molecule has 3 rings (SSSR count). The summed E-state index contributed by atoms with van der Waals surface area (Å²) in [6, 6.07) is 13.6. The number of ketones is 1. The quantitative estimate of drug-likeness (QED) is 0.239. The van der Waals surface area contributed by atoms with Gasteiger partial charge in [-0.25, -0.2) is 0 Å². The zero-order valence-electron chi connectivity index (χ0n) is 21.8. The molecule has 1 atom stereocenters. The highest BCUT2D eigenvalue weighted by Crippen LogP contribution is 2.40. The number of ether oxygens (including phenoxy) is 2. The number of carbonyl (C=O) groups excluding carboxylic acids is 2. The molecule has 7 nitrogen and oxygen atoms in total. The Hall–Kier alpha value is -3.32. The second-order valence-electron chi connectivity index (χ2n) is 8.75. The van der Waals surface area contributed by atoms with Crippen molar-refractivity contribution >= 4 is 17.4 Å². The number of likely N-dealkylation sites (tertiary alicyclic amines) is 1. The largest absolute Gasteiger partial charge is 0.507 e.